The van der Waals surface area contributed by atoms with E-state index in [9.17, 15) is 15.2 Å². The molecule has 1 aromatic carbocycles. The summed E-state index contributed by atoms with van der Waals surface area (Å²) in [6, 6.07) is 4.07. The number of nitro benzene ring substituents is 1. The lowest BCUT2D eigenvalue weighted by atomic mass is 10.1. The molecule has 0 amide bonds. The molecule has 7 heteroatoms. The number of benzene rings is 1. The minimum absolute atomic E-state index is 0.0540. The van der Waals surface area contributed by atoms with E-state index in [-0.39, 0.29) is 18.0 Å². The van der Waals surface area contributed by atoms with Gasteiger partial charge in [0.1, 0.15) is 12.2 Å². The van der Waals surface area contributed by atoms with Crippen LogP contribution < -0.4 is 10.1 Å². The maximum Gasteiger partial charge on any atom is 0.311 e. The first kappa shape index (κ1) is 16.7. The van der Waals surface area contributed by atoms with Crippen molar-refractivity contribution >= 4 is 17.3 Å². The van der Waals surface area contributed by atoms with E-state index in [1.165, 1.54) is 18.2 Å². The van der Waals surface area contributed by atoms with Gasteiger partial charge in [-0.25, -0.2) is 0 Å². The second-order valence-electron chi connectivity index (χ2n) is 4.83. The number of nitrogens with zero attached hydrogens (tertiary/aromatic N) is 1. The molecule has 0 bridgehead atoms. The lowest BCUT2D eigenvalue weighted by molar-refractivity contribution is -0.386. The van der Waals surface area contributed by atoms with Crippen LogP contribution in [0.2, 0.25) is 5.02 Å². The number of ether oxygens (including phenoxy) is 1. The van der Waals surface area contributed by atoms with Gasteiger partial charge in [0.15, 0.2) is 5.75 Å². The Kier molecular flexibility index (Phi) is 6.19. The number of aliphatic hydroxyl groups is 1. The largest absolute Gasteiger partial charge is 0.484 e. The zero-order valence-corrected chi connectivity index (χ0v) is 12.3. The van der Waals surface area contributed by atoms with Crippen LogP contribution in [0.1, 0.15) is 20.3 Å². The Balaban J connectivity index is 2.68. The van der Waals surface area contributed by atoms with Crippen LogP contribution in [0.5, 0.6) is 5.75 Å². The second-order valence-corrected chi connectivity index (χ2v) is 5.27. The molecule has 0 aliphatic rings. The first-order valence-electron chi connectivity index (χ1n) is 6.35. The van der Waals surface area contributed by atoms with Crippen LogP contribution in [0, 0.1) is 10.1 Å². The highest BCUT2D eigenvalue weighted by Gasteiger charge is 2.23. The Morgan fingerprint density at radius 1 is 1.55 bits per heavy atom. The van der Waals surface area contributed by atoms with Crippen molar-refractivity contribution in [1.29, 1.82) is 0 Å². The standard InChI is InChI=1S/C13H19ClN2O4/c1-3-6-15-8-13(2,17)9-20-12-7-10(14)4-5-11(12)16(18)19/h4-5,7,15,17H,3,6,8-9H2,1-2H3. The van der Waals surface area contributed by atoms with Crippen LogP contribution in [-0.4, -0.2) is 35.3 Å². The van der Waals surface area contributed by atoms with Crippen LogP contribution in [0.3, 0.4) is 0 Å². The topological polar surface area (TPSA) is 84.6 Å². The molecular weight excluding hydrogens is 284 g/mol. The quantitative estimate of drug-likeness (QED) is 0.437. The predicted molar refractivity (Wildman–Crippen MR) is 77.4 cm³/mol. The molecule has 6 nitrogen and oxygen atoms in total. The van der Waals surface area contributed by atoms with E-state index in [2.05, 4.69) is 5.32 Å². The van der Waals surface area contributed by atoms with Gasteiger partial charge in [0, 0.05) is 23.7 Å². The minimum Gasteiger partial charge on any atom is -0.484 e. The van der Waals surface area contributed by atoms with Gasteiger partial charge in [0.25, 0.3) is 0 Å². The Bertz CT molecular complexity index is 466. The van der Waals surface area contributed by atoms with Crippen molar-refractivity contribution in [2.45, 2.75) is 25.9 Å². The molecule has 112 valence electrons. The molecular formula is C13H19ClN2O4. The zero-order chi connectivity index (χ0) is 15.2. The molecule has 1 unspecified atom stereocenters. The van der Waals surface area contributed by atoms with Crippen LogP contribution in [0.25, 0.3) is 0 Å². The molecule has 0 fully saturated rings. The third kappa shape index (κ3) is 5.32. The minimum atomic E-state index is -1.12. The van der Waals surface area contributed by atoms with E-state index in [0.717, 1.165) is 13.0 Å². The highest BCUT2D eigenvalue weighted by Crippen LogP contribution is 2.30. The molecule has 0 saturated heterocycles. The lowest BCUT2D eigenvalue weighted by Crippen LogP contribution is -2.43. The molecule has 0 aromatic heterocycles. The fraction of sp³-hybridized carbons (Fsp3) is 0.538. The van der Waals surface area contributed by atoms with Gasteiger partial charge in [-0.3, -0.25) is 10.1 Å². The first-order valence-corrected chi connectivity index (χ1v) is 6.73. The third-order valence-electron chi connectivity index (χ3n) is 2.59. The third-order valence-corrected chi connectivity index (χ3v) is 2.82. The first-order chi connectivity index (χ1) is 9.35. The average Bonchev–Trinajstić information content (AvgIpc) is 2.36. The molecule has 1 rings (SSSR count). The monoisotopic (exact) mass is 302 g/mol. The fourth-order valence-electron chi connectivity index (χ4n) is 1.57. The van der Waals surface area contributed by atoms with Gasteiger partial charge in [-0.15, -0.1) is 0 Å². The summed E-state index contributed by atoms with van der Waals surface area (Å²) < 4.78 is 5.36. The molecule has 1 aromatic rings. The second kappa shape index (κ2) is 7.42. The van der Waals surface area contributed by atoms with Crippen LogP contribution in [0.15, 0.2) is 18.2 Å². The number of halogens is 1. The van der Waals surface area contributed by atoms with Crippen molar-refractivity contribution in [2.75, 3.05) is 19.7 Å². The molecule has 0 aliphatic carbocycles. The number of hydrogen-bond acceptors (Lipinski definition) is 5. The van der Waals surface area contributed by atoms with Gasteiger partial charge in [-0.1, -0.05) is 18.5 Å². The summed E-state index contributed by atoms with van der Waals surface area (Å²) >= 11 is 5.80. The summed E-state index contributed by atoms with van der Waals surface area (Å²) in [7, 11) is 0. The average molecular weight is 303 g/mol. The smallest absolute Gasteiger partial charge is 0.311 e. The molecule has 0 saturated carbocycles. The van der Waals surface area contributed by atoms with E-state index in [0.29, 0.717) is 11.6 Å². The number of hydrogen-bond donors (Lipinski definition) is 2. The molecule has 0 heterocycles. The maximum absolute atomic E-state index is 10.9. The van der Waals surface area contributed by atoms with Crippen molar-refractivity contribution in [1.82, 2.24) is 5.32 Å². The number of nitrogens with one attached hydrogen (secondary N) is 1. The molecule has 0 aliphatic heterocycles. The van der Waals surface area contributed by atoms with E-state index < -0.39 is 10.5 Å². The summed E-state index contributed by atoms with van der Waals surface area (Å²) in [4.78, 5) is 10.3. The van der Waals surface area contributed by atoms with E-state index in [4.69, 9.17) is 16.3 Å². The normalized spacial score (nSPS) is 13.8. The zero-order valence-electron chi connectivity index (χ0n) is 11.6. The SMILES string of the molecule is CCCNCC(C)(O)COc1cc(Cl)ccc1[N+](=O)[O-]. The fourth-order valence-corrected chi connectivity index (χ4v) is 1.74. The van der Waals surface area contributed by atoms with Crippen LogP contribution in [0.4, 0.5) is 5.69 Å². The molecule has 0 spiro atoms. The Labute approximate surface area is 122 Å². The summed E-state index contributed by atoms with van der Waals surface area (Å²) in [6.07, 6.45) is 0.955. The maximum atomic E-state index is 10.9. The summed E-state index contributed by atoms with van der Waals surface area (Å²) in [5.74, 6) is 0.0540. The van der Waals surface area contributed by atoms with Gasteiger partial charge < -0.3 is 15.2 Å². The highest BCUT2D eigenvalue weighted by atomic mass is 35.5. The molecule has 20 heavy (non-hydrogen) atoms. The van der Waals surface area contributed by atoms with Crippen molar-refractivity contribution in [2.24, 2.45) is 0 Å². The van der Waals surface area contributed by atoms with Gasteiger partial charge in [0.2, 0.25) is 0 Å². The van der Waals surface area contributed by atoms with E-state index >= 15 is 0 Å². The summed E-state index contributed by atoms with van der Waals surface area (Å²) in [5, 5.41) is 24.4. The van der Waals surface area contributed by atoms with Crippen molar-refractivity contribution in [3.8, 4) is 5.75 Å². The Hall–Kier alpha value is -1.37. The van der Waals surface area contributed by atoms with Gasteiger partial charge in [-0.05, 0) is 26.0 Å². The molecule has 2 N–H and O–H groups in total. The molecule has 1 atom stereocenters. The lowest BCUT2D eigenvalue weighted by Gasteiger charge is -2.23. The summed E-state index contributed by atoms with van der Waals surface area (Å²) in [6.45, 7) is 4.69. The van der Waals surface area contributed by atoms with E-state index in [1.807, 2.05) is 6.92 Å². The predicted octanol–water partition coefficient (Wildman–Crippen LogP) is 2.38. The number of rotatable bonds is 8. The van der Waals surface area contributed by atoms with E-state index in [1.54, 1.807) is 6.92 Å². The van der Waals surface area contributed by atoms with Gasteiger partial charge in [0.05, 0.1) is 4.92 Å². The van der Waals surface area contributed by atoms with Crippen LogP contribution in [-0.2, 0) is 0 Å². The highest BCUT2D eigenvalue weighted by molar-refractivity contribution is 6.30. The van der Waals surface area contributed by atoms with Crippen molar-refractivity contribution in [3.05, 3.63) is 33.3 Å². The van der Waals surface area contributed by atoms with Gasteiger partial charge in [-0.2, -0.15) is 0 Å². The van der Waals surface area contributed by atoms with Crippen LogP contribution >= 0.6 is 11.6 Å². The Morgan fingerprint density at radius 3 is 2.85 bits per heavy atom. The Morgan fingerprint density at radius 2 is 2.25 bits per heavy atom. The van der Waals surface area contributed by atoms with Crippen molar-refractivity contribution < 1.29 is 14.8 Å². The van der Waals surface area contributed by atoms with Crippen molar-refractivity contribution in [3.63, 3.8) is 0 Å². The summed E-state index contributed by atoms with van der Waals surface area (Å²) in [5.41, 5.74) is -1.29. The van der Waals surface area contributed by atoms with Gasteiger partial charge >= 0.3 is 5.69 Å². The molecule has 0 radical (unpaired) electrons. The number of nitro groups is 1.